The maximum Gasteiger partial charge on any atom is 0.326 e. The standard InChI is InChI=1S/C12H11BrN4O/c13-7-1-2-9-8(5-7)11-10(6-15-9)16-12(18)17(11)4-3-14/h1-2,5-6H,3-4,14H2,(H,16,18). The Kier molecular flexibility index (Phi) is 2.68. The first-order valence-electron chi connectivity index (χ1n) is 5.57. The Labute approximate surface area is 111 Å². The van der Waals surface area contributed by atoms with E-state index in [0.29, 0.717) is 13.1 Å². The number of benzene rings is 1. The topological polar surface area (TPSA) is 76.7 Å². The van der Waals surface area contributed by atoms with Crippen LogP contribution in [0, 0.1) is 0 Å². The van der Waals surface area contributed by atoms with Crippen LogP contribution in [0.4, 0.5) is 0 Å². The lowest BCUT2D eigenvalue weighted by Crippen LogP contribution is -2.21. The van der Waals surface area contributed by atoms with Gasteiger partial charge in [-0.15, -0.1) is 0 Å². The molecule has 0 aliphatic rings. The second kappa shape index (κ2) is 4.22. The largest absolute Gasteiger partial charge is 0.329 e. The number of nitrogens with two attached hydrogens (primary N) is 1. The van der Waals surface area contributed by atoms with Gasteiger partial charge >= 0.3 is 5.69 Å². The van der Waals surface area contributed by atoms with Crippen molar-refractivity contribution in [2.24, 2.45) is 5.73 Å². The summed E-state index contributed by atoms with van der Waals surface area (Å²) in [6.45, 7) is 0.912. The second-order valence-corrected chi connectivity index (χ2v) is 4.97. The smallest absolute Gasteiger partial charge is 0.326 e. The average molecular weight is 307 g/mol. The molecule has 3 N–H and O–H groups in total. The van der Waals surface area contributed by atoms with Crippen molar-refractivity contribution in [1.82, 2.24) is 14.5 Å². The summed E-state index contributed by atoms with van der Waals surface area (Å²) in [7, 11) is 0. The minimum atomic E-state index is -0.148. The van der Waals surface area contributed by atoms with Gasteiger partial charge in [-0.2, -0.15) is 0 Å². The van der Waals surface area contributed by atoms with E-state index in [1.54, 1.807) is 10.8 Å². The van der Waals surface area contributed by atoms with Crippen LogP contribution in [0.25, 0.3) is 21.9 Å². The summed E-state index contributed by atoms with van der Waals surface area (Å²) in [4.78, 5) is 19.0. The first-order valence-corrected chi connectivity index (χ1v) is 6.37. The molecule has 0 spiro atoms. The summed E-state index contributed by atoms with van der Waals surface area (Å²) in [6, 6.07) is 5.81. The monoisotopic (exact) mass is 306 g/mol. The quantitative estimate of drug-likeness (QED) is 0.755. The second-order valence-electron chi connectivity index (χ2n) is 4.05. The minimum Gasteiger partial charge on any atom is -0.329 e. The average Bonchev–Trinajstić information content (AvgIpc) is 2.67. The number of nitrogens with one attached hydrogen (secondary N) is 1. The van der Waals surface area contributed by atoms with Gasteiger partial charge in [0.2, 0.25) is 0 Å². The lowest BCUT2D eigenvalue weighted by atomic mass is 10.2. The number of fused-ring (bicyclic) bond motifs is 3. The molecule has 92 valence electrons. The number of hydrogen-bond donors (Lipinski definition) is 2. The highest BCUT2D eigenvalue weighted by atomic mass is 79.9. The van der Waals surface area contributed by atoms with Gasteiger partial charge < -0.3 is 10.7 Å². The van der Waals surface area contributed by atoms with Crippen molar-refractivity contribution in [3.63, 3.8) is 0 Å². The van der Waals surface area contributed by atoms with E-state index in [1.165, 1.54) is 0 Å². The van der Waals surface area contributed by atoms with Gasteiger partial charge in [-0.3, -0.25) is 9.55 Å². The molecule has 5 nitrogen and oxygen atoms in total. The highest BCUT2D eigenvalue weighted by Crippen LogP contribution is 2.24. The zero-order valence-corrected chi connectivity index (χ0v) is 11.1. The van der Waals surface area contributed by atoms with E-state index in [4.69, 9.17) is 5.73 Å². The van der Waals surface area contributed by atoms with E-state index in [1.807, 2.05) is 18.2 Å². The zero-order chi connectivity index (χ0) is 12.7. The van der Waals surface area contributed by atoms with Crippen molar-refractivity contribution in [3.05, 3.63) is 39.4 Å². The SMILES string of the molecule is NCCn1c(=O)[nH]c2cnc3ccc(Br)cc3c21. The number of halogens is 1. The Morgan fingerprint density at radius 2 is 2.28 bits per heavy atom. The molecule has 0 amide bonds. The molecule has 0 atom stereocenters. The Balaban J connectivity index is 2.50. The number of hydrogen-bond acceptors (Lipinski definition) is 3. The molecule has 3 rings (SSSR count). The van der Waals surface area contributed by atoms with Crippen LogP contribution in [0.5, 0.6) is 0 Å². The Morgan fingerprint density at radius 1 is 1.44 bits per heavy atom. The summed E-state index contributed by atoms with van der Waals surface area (Å²) in [5.74, 6) is 0. The van der Waals surface area contributed by atoms with E-state index in [0.717, 1.165) is 26.4 Å². The van der Waals surface area contributed by atoms with Gasteiger partial charge in [0.05, 0.1) is 22.7 Å². The van der Waals surface area contributed by atoms with Gasteiger partial charge in [0, 0.05) is 22.9 Å². The van der Waals surface area contributed by atoms with Crippen molar-refractivity contribution in [2.75, 3.05) is 6.54 Å². The van der Waals surface area contributed by atoms with Gasteiger partial charge in [0.1, 0.15) is 0 Å². The summed E-state index contributed by atoms with van der Waals surface area (Å²) in [5.41, 5.74) is 7.86. The van der Waals surface area contributed by atoms with Crippen molar-refractivity contribution < 1.29 is 0 Å². The molecule has 0 aliphatic heterocycles. The first-order chi connectivity index (χ1) is 8.70. The molecule has 2 aromatic heterocycles. The van der Waals surface area contributed by atoms with Gasteiger partial charge in [-0.05, 0) is 18.2 Å². The molecule has 0 saturated heterocycles. The first kappa shape index (κ1) is 11.4. The normalized spacial score (nSPS) is 11.4. The number of imidazole rings is 1. The number of aromatic nitrogens is 3. The molecule has 2 heterocycles. The minimum absolute atomic E-state index is 0.148. The number of rotatable bonds is 2. The molecule has 0 saturated carbocycles. The Hall–Kier alpha value is -1.66. The number of nitrogens with zero attached hydrogens (tertiary/aromatic N) is 2. The summed E-state index contributed by atoms with van der Waals surface area (Å²) >= 11 is 3.44. The van der Waals surface area contributed by atoms with Gasteiger partial charge in [0.25, 0.3) is 0 Å². The summed E-state index contributed by atoms with van der Waals surface area (Å²) in [6.07, 6.45) is 1.68. The molecule has 6 heteroatoms. The van der Waals surface area contributed by atoms with Crippen molar-refractivity contribution in [1.29, 1.82) is 0 Å². The molecular formula is C12H11BrN4O. The van der Waals surface area contributed by atoms with Crippen LogP contribution in [0.3, 0.4) is 0 Å². The third-order valence-electron chi connectivity index (χ3n) is 2.91. The van der Waals surface area contributed by atoms with Crippen molar-refractivity contribution >= 4 is 37.9 Å². The van der Waals surface area contributed by atoms with Crippen molar-refractivity contribution in [2.45, 2.75) is 6.54 Å². The molecule has 0 bridgehead atoms. The number of H-pyrrole nitrogens is 1. The third-order valence-corrected chi connectivity index (χ3v) is 3.40. The van der Waals surface area contributed by atoms with E-state index in [-0.39, 0.29) is 5.69 Å². The van der Waals surface area contributed by atoms with Crippen LogP contribution in [0.1, 0.15) is 0 Å². The summed E-state index contributed by atoms with van der Waals surface area (Å²) in [5, 5.41) is 0.939. The predicted molar refractivity (Wildman–Crippen MR) is 74.6 cm³/mol. The van der Waals surface area contributed by atoms with E-state index in [2.05, 4.69) is 25.9 Å². The molecule has 3 aromatic rings. The van der Waals surface area contributed by atoms with E-state index < -0.39 is 0 Å². The number of aromatic amines is 1. The Bertz CT molecular complexity index is 790. The van der Waals surface area contributed by atoms with Crippen LogP contribution in [0.15, 0.2) is 33.7 Å². The van der Waals surface area contributed by atoms with Crippen LogP contribution < -0.4 is 11.4 Å². The van der Waals surface area contributed by atoms with Crippen LogP contribution in [0.2, 0.25) is 0 Å². The van der Waals surface area contributed by atoms with E-state index in [9.17, 15) is 4.79 Å². The maximum absolute atomic E-state index is 11.9. The highest BCUT2D eigenvalue weighted by molar-refractivity contribution is 9.10. The van der Waals surface area contributed by atoms with Gasteiger partial charge in [-0.1, -0.05) is 15.9 Å². The fraction of sp³-hybridized carbons (Fsp3) is 0.167. The third kappa shape index (κ3) is 1.65. The molecule has 18 heavy (non-hydrogen) atoms. The molecule has 1 aromatic carbocycles. The van der Waals surface area contributed by atoms with Crippen molar-refractivity contribution in [3.8, 4) is 0 Å². The molecule has 0 fully saturated rings. The predicted octanol–water partition coefficient (Wildman–Crippen LogP) is 1.60. The van der Waals surface area contributed by atoms with Gasteiger partial charge in [-0.25, -0.2) is 4.79 Å². The maximum atomic E-state index is 11.9. The molecule has 0 aliphatic carbocycles. The molecule has 0 radical (unpaired) electrons. The van der Waals surface area contributed by atoms with Crippen LogP contribution >= 0.6 is 15.9 Å². The van der Waals surface area contributed by atoms with Crippen LogP contribution in [-0.4, -0.2) is 21.1 Å². The van der Waals surface area contributed by atoms with Gasteiger partial charge in [0.15, 0.2) is 0 Å². The fourth-order valence-corrected chi connectivity index (χ4v) is 2.52. The summed E-state index contributed by atoms with van der Waals surface area (Å²) < 4.78 is 2.61. The zero-order valence-electron chi connectivity index (χ0n) is 9.48. The van der Waals surface area contributed by atoms with Crippen LogP contribution in [-0.2, 0) is 6.54 Å². The lowest BCUT2D eigenvalue weighted by molar-refractivity contribution is 0.704. The lowest BCUT2D eigenvalue weighted by Gasteiger charge is -2.04. The number of pyridine rings is 1. The van der Waals surface area contributed by atoms with E-state index >= 15 is 0 Å². The highest BCUT2D eigenvalue weighted by Gasteiger charge is 2.10. The fourth-order valence-electron chi connectivity index (χ4n) is 2.16. The molecule has 0 unspecified atom stereocenters. The Morgan fingerprint density at radius 3 is 3.06 bits per heavy atom. The molecular weight excluding hydrogens is 296 g/mol.